The number of carbonyl (C=O) groups excluding carboxylic acids is 2. The molecular formula is C25H21ClF4N4O2S. The minimum absolute atomic E-state index is 0.0000945. The van der Waals surface area contributed by atoms with Gasteiger partial charge in [-0.05, 0) is 59.7 Å². The molecule has 0 spiro atoms. The van der Waals surface area contributed by atoms with E-state index in [2.05, 4.69) is 5.10 Å². The lowest BCUT2D eigenvalue weighted by Gasteiger charge is -2.18. The lowest BCUT2D eigenvalue weighted by Crippen LogP contribution is -2.36. The van der Waals surface area contributed by atoms with E-state index in [-0.39, 0.29) is 33.8 Å². The Labute approximate surface area is 218 Å². The summed E-state index contributed by atoms with van der Waals surface area (Å²) in [5, 5.41) is 4.55. The van der Waals surface area contributed by atoms with Gasteiger partial charge in [0.1, 0.15) is 6.17 Å². The van der Waals surface area contributed by atoms with Crippen LogP contribution in [-0.4, -0.2) is 63.1 Å². The van der Waals surface area contributed by atoms with Gasteiger partial charge in [0.05, 0.1) is 28.7 Å². The minimum atomic E-state index is -4.55. The molecule has 12 heteroatoms. The van der Waals surface area contributed by atoms with Crippen molar-refractivity contribution in [2.75, 3.05) is 26.2 Å². The molecule has 2 saturated heterocycles. The SMILES string of the molecule is O=C1SC(=Cc2ccc3c(cnn3Cc3ccc(Cl)cc3C(F)(F)F)c2)C(=O)N1CCN1CCC(F)C1. The monoisotopic (exact) mass is 552 g/mol. The number of nitrogens with zero attached hydrogens (tertiary/aromatic N) is 4. The molecule has 2 aliphatic rings. The van der Waals surface area contributed by atoms with E-state index in [1.807, 2.05) is 4.90 Å². The zero-order chi connectivity index (χ0) is 26.3. The molecule has 2 fully saturated rings. The van der Waals surface area contributed by atoms with Crippen molar-refractivity contribution >= 4 is 51.5 Å². The van der Waals surface area contributed by atoms with Crippen LogP contribution >= 0.6 is 23.4 Å². The lowest BCUT2D eigenvalue weighted by atomic mass is 10.1. The fourth-order valence-electron chi connectivity index (χ4n) is 4.51. The number of hydrogen-bond acceptors (Lipinski definition) is 5. The number of aromatic nitrogens is 2. The number of alkyl halides is 4. The largest absolute Gasteiger partial charge is 0.416 e. The number of imide groups is 1. The van der Waals surface area contributed by atoms with Crippen molar-refractivity contribution in [1.82, 2.24) is 19.6 Å². The predicted molar refractivity (Wildman–Crippen MR) is 134 cm³/mol. The van der Waals surface area contributed by atoms with Crippen LogP contribution in [0.1, 0.15) is 23.1 Å². The molecule has 2 aliphatic heterocycles. The summed E-state index contributed by atoms with van der Waals surface area (Å²) < 4.78 is 55.3. The predicted octanol–water partition coefficient (Wildman–Crippen LogP) is 5.84. The first-order valence-electron chi connectivity index (χ1n) is 11.5. The fraction of sp³-hybridized carbons (Fsp3) is 0.320. The van der Waals surface area contributed by atoms with Crippen LogP contribution in [0.25, 0.3) is 17.0 Å². The number of thioether (sulfide) groups is 1. The molecule has 0 radical (unpaired) electrons. The third-order valence-corrected chi connectivity index (χ3v) is 7.53. The first-order chi connectivity index (χ1) is 17.6. The Kier molecular flexibility index (Phi) is 7.03. The van der Waals surface area contributed by atoms with E-state index in [1.165, 1.54) is 27.9 Å². The molecule has 1 atom stereocenters. The summed E-state index contributed by atoms with van der Waals surface area (Å²) in [5.74, 6) is -0.399. The van der Waals surface area contributed by atoms with Gasteiger partial charge < -0.3 is 0 Å². The topological polar surface area (TPSA) is 58.4 Å². The lowest BCUT2D eigenvalue weighted by molar-refractivity contribution is -0.138. The average molecular weight is 553 g/mol. The second-order valence-electron chi connectivity index (χ2n) is 8.94. The molecule has 0 saturated carbocycles. The summed E-state index contributed by atoms with van der Waals surface area (Å²) in [7, 11) is 0. The number of carbonyl (C=O) groups is 2. The van der Waals surface area contributed by atoms with E-state index in [9.17, 15) is 27.2 Å². The third kappa shape index (κ3) is 5.53. The van der Waals surface area contributed by atoms with Crippen LogP contribution in [0, 0.1) is 0 Å². The van der Waals surface area contributed by atoms with Crippen LogP contribution in [0.5, 0.6) is 0 Å². The van der Waals surface area contributed by atoms with E-state index in [0.29, 0.717) is 42.5 Å². The zero-order valence-corrected chi connectivity index (χ0v) is 20.9. The number of fused-ring (bicyclic) bond motifs is 1. The first-order valence-corrected chi connectivity index (χ1v) is 12.7. The van der Waals surface area contributed by atoms with E-state index < -0.39 is 23.8 Å². The summed E-state index contributed by atoms with van der Waals surface area (Å²) in [6.45, 7) is 1.45. The number of rotatable bonds is 6. The van der Waals surface area contributed by atoms with Gasteiger partial charge in [-0.3, -0.25) is 24.1 Å². The van der Waals surface area contributed by atoms with Gasteiger partial charge in [-0.15, -0.1) is 0 Å². The first kappa shape index (κ1) is 25.7. The second kappa shape index (κ2) is 10.1. The standard InChI is InChI=1S/C25H21ClF4N4O2S/c26-18-3-2-16(20(11-18)25(28,29)30)13-34-21-4-1-15(9-17(21)12-31-34)10-22-23(35)33(24(36)37-22)8-7-32-6-5-19(27)14-32/h1-4,9-12,19H,5-8,13-14H2. The van der Waals surface area contributed by atoms with E-state index in [0.717, 1.165) is 17.8 Å². The quantitative estimate of drug-likeness (QED) is 0.284. The molecule has 6 nitrogen and oxygen atoms in total. The third-order valence-electron chi connectivity index (χ3n) is 6.39. The molecule has 3 heterocycles. The van der Waals surface area contributed by atoms with Gasteiger partial charge >= 0.3 is 6.18 Å². The highest BCUT2D eigenvalue weighted by atomic mass is 35.5. The van der Waals surface area contributed by atoms with Gasteiger partial charge in [0.15, 0.2) is 0 Å². The molecule has 5 rings (SSSR count). The highest BCUT2D eigenvalue weighted by Crippen LogP contribution is 2.35. The molecule has 2 amide bonds. The number of hydrogen-bond donors (Lipinski definition) is 0. The molecule has 2 aromatic carbocycles. The highest BCUT2D eigenvalue weighted by molar-refractivity contribution is 8.18. The van der Waals surface area contributed by atoms with Gasteiger partial charge in [0, 0.05) is 36.6 Å². The Balaban J connectivity index is 1.32. The average Bonchev–Trinajstić information content (AvgIpc) is 3.51. The Morgan fingerprint density at radius 2 is 1.95 bits per heavy atom. The zero-order valence-electron chi connectivity index (χ0n) is 19.3. The highest BCUT2D eigenvalue weighted by Gasteiger charge is 2.36. The van der Waals surface area contributed by atoms with Crippen molar-refractivity contribution < 1.29 is 27.2 Å². The molecule has 37 heavy (non-hydrogen) atoms. The van der Waals surface area contributed by atoms with E-state index >= 15 is 0 Å². The van der Waals surface area contributed by atoms with Crippen molar-refractivity contribution in [3.05, 3.63) is 69.2 Å². The minimum Gasteiger partial charge on any atom is -0.299 e. The van der Waals surface area contributed by atoms with Crippen LogP contribution < -0.4 is 0 Å². The van der Waals surface area contributed by atoms with E-state index in [1.54, 1.807) is 24.3 Å². The molecule has 1 aromatic heterocycles. The van der Waals surface area contributed by atoms with Gasteiger partial charge in [-0.25, -0.2) is 4.39 Å². The maximum absolute atomic E-state index is 13.5. The van der Waals surface area contributed by atoms with Crippen LogP contribution in [0.3, 0.4) is 0 Å². The van der Waals surface area contributed by atoms with Crippen LogP contribution in [0.15, 0.2) is 47.5 Å². The number of halogens is 5. The molecule has 194 valence electrons. The van der Waals surface area contributed by atoms with Gasteiger partial charge in [0.2, 0.25) is 0 Å². The number of benzene rings is 2. The van der Waals surface area contributed by atoms with Gasteiger partial charge in [-0.2, -0.15) is 18.3 Å². The smallest absolute Gasteiger partial charge is 0.299 e. The summed E-state index contributed by atoms with van der Waals surface area (Å²) in [5.41, 5.74) is 0.491. The van der Waals surface area contributed by atoms with Crippen molar-refractivity contribution in [2.45, 2.75) is 25.3 Å². The molecule has 3 aromatic rings. The Hall–Kier alpha value is -2.89. The maximum Gasteiger partial charge on any atom is 0.416 e. The Morgan fingerprint density at radius 3 is 2.68 bits per heavy atom. The molecular weight excluding hydrogens is 532 g/mol. The van der Waals surface area contributed by atoms with E-state index in [4.69, 9.17) is 11.6 Å². The van der Waals surface area contributed by atoms with Gasteiger partial charge in [0.25, 0.3) is 11.1 Å². The maximum atomic E-state index is 13.5. The summed E-state index contributed by atoms with van der Waals surface area (Å²) in [6.07, 6.45) is -1.81. The van der Waals surface area contributed by atoms with Crippen molar-refractivity contribution in [2.24, 2.45) is 0 Å². The summed E-state index contributed by atoms with van der Waals surface area (Å²) >= 11 is 6.62. The number of likely N-dealkylation sites (tertiary alicyclic amines) is 1. The molecule has 1 unspecified atom stereocenters. The van der Waals surface area contributed by atoms with Crippen molar-refractivity contribution in [3.8, 4) is 0 Å². The fourth-order valence-corrected chi connectivity index (χ4v) is 5.54. The number of amides is 2. The Morgan fingerprint density at radius 1 is 1.14 bits per heavy atom. The molecule has 0 N–H and O–H groups in total. The van der Waals surface area contributed by atoms with Crippen molar-refractivity contribution in [3.63, 3.8) is 0 Å². The Bertz CT molecular complexity index is 1410. The molecule has 0 bridgehead atoms. The summed E-state index contributed by atoms with van der Waals surface area (Å²) in [6, 6.07) is 8.82. The van der Waals surface area contributed by atoms with Gasteiger partial charge in [-0.1, -0.05) is 23.7 Å². The van der Waals surface area contributed by atoms with Crippen LogP contribution in [-0.2, 0) is 17.5 Å². The molecule has 0 aliphatic carbocycles. The summed E-state index contributed by atoms with van der Waals surface area (Å²) in [4.78, 5) is 28.5. The normalized spacial score (nSPS) is 20.2. The van der Waals surface area contributed by atoms with Crippen molar-refractivity contribution in [1.29, 1.82) is 0 Å². The van der Waals surface area contributed by atoms with Crippen LogP contribution in [0.4, 0.5) is 22.4 Å². The van der Waals surface area contributed by atoms with Crippen LogP contribution in [0.2, 0.25) is 5.02 Å². The second-order valence-corrected chi connectivity index (χ2v) is 10.4.